The van der Waals surface area contributed by atoms with E-state index < -0.39 is 6.04 Å². The third-order valence-corrected chi connectivity index (χ3v) is 8.19. The third-order valence-electron chi connectivity index (χ3n) is 8.19. The van der Waals surface area contributed by atoms with Crippen LogP contribution in [0.25, 0.3) is 0 Å². The highest BCUT2D eigenvalue weighted by Gasteiger charge is 2.41. The van der Waals surface area contributed by atoms with Crippen molar-refractivity contribution in [2.24, 2.45) is 0 Å². The fraction of sp³-hybridized carbons (Fsp3) is 0.371. The van der Waals surface area contributed by atoms with Crippen molar-refractivity contribution >= 4 is 23.1 Å². The van der Waals surface area contributed by atoms with E-state index in [-0.39, 0.29) is 28.8 Å². The van der Waals surface area contributed by atoms with Crippen molar-refractivity contribution < 1.29 is 14.0 Å². The lowest BCUT2D eigenvalue weighted by Gasteiger charge is -2.35. The van der Waals surface area contributed by atoms with E-state index in [9.17, 15) is 14.0 Å². The van der Waals surface area contributed by atoms with Gasteiger partial charge in [0.15, 0.2) is 5.78 Å². The number of amides is 1. The monoisotopic (exact) mass is 538 g/mol. The van der Waals surface area contributed by atoms with E-state index >= 15 is 0 Å². The van der Waals surface area contributed by atoms with Gasteiger partial charge in [0, 0.05) is 24.1 Å². The Morgan fingerprint density at radius 2 is 1.60 bits per heavy atom. The second kappa shape index (κ2) is 11.4. The topological polar surface area (TPSA) is 49.4 Å². The highest BCUT2D eigenvalue weighted by atomic mass is 19.1. The molecule has 5 heteroatoms. The number of unbranched alkanes of at least 4 members (excludes halogenated alkanes) is 2. The van der Waals surface area contributed by atoms with Crippen molar-refractivity contribution in [2.75, 3.05) is 10.2 Å². The molecule has 4 nitrogen and oxygen atoms in total. The van der Waals surface area contributed by atoms with Gasteiger partial charge in [-0.05, 0) is 65.1 Å². The number of nitrogens with zero attached hydrogens (tertiary/aromatic N) is 1. The Bertz CT molecular complexity index is 1420. The van der Waals surface area contributed by atoms with E-state index in [0.29, 0.717) is 24.8 Å². The summed E-state index contributed by atoms with van der Waals surface area (Å²) in [7, 11) is 0. The van der Waals surface area contributed by atoms with Crippen LogP contribution < -0.4 is 10.2 Å². The molecule has 1 aliphatic carbocycles. The standard InChI is InChI=1S/C35H39FN2O2/c1-5-6-7-12-32(40)38-30-11-9-8-10-28(30)37-29-21-25(23-13-17-26(18-14-23)35(2,3)4)22-31(39)33(29)34(38)24-15-19-27(36)20-16-24/h8-11,13-20,25,34,37H,5-7,12,21-22H2,1-4H3/t25-,34+/m0/s1. The van der Waals surface area contributed by atoms with E-state index in [1.54, 1.807) is 17.0 Å². The number of hydrogen-bond acceptors (Lipinski definition) is 3. The first-order valence-electron chi connectivity index (χ1n) is 14.5. The van der Waals surface area contributed by atoms with Gasteiger partial charge in [0.25, 0.3) is 0 Å². The highest BCUT2D eigenvalue weighted by molar-refractivity contribution is 6.06. The summed E-state index contributed by atoms with van der Waals surface area (Å²) in [5.74, 6) is -0.328. The van der Waals surface area contributed by atoms with Crippen LogP contribution in [0.3, 0.4) is 0 Å². The van der Waals surface area contributed by atoms with Crippen LogP contribution in [0.4, 0.5) is 15.8 Å². The Morgan fingerprint density at radius 3 is 2.27 bits per heavy atom. The first-order chi connectivity index (χ1) is 19.2. The Kier molecular flexibility index (Phi) is 7.93. The van der Waals surface area contributed by atoms with Gasteiger partial charge in [0.2, 0.25) is 5.91 Å². The number of anilines is 2. The molecule has 1 N–H and O–H groups in total. The summed E-state index contributed by atoms with van der Waals surface area (Å²) in [6.07, 6.45) is 4.16. The molecule has 0 fully saturated rings. The largest absolute Gasteiger partial charge is 0.357 e. The third kappa shape index (κ3) is 5.60. The van der Waals surface area contributed by atoms with Crippen molar-refractivity contribution in [1.82, 2.24) is 0 Å². The number of rotatable bonds is 6. The molecule has 0 bridgehead atoms. The number of nitrogens with one attached hydrogen (secondary N) is 1. The molecule has 3 aromatic carbocycles. The van der Waals surface area contributed by atoms with Crippen molar-refractivity contribution in [2.45, 2.75) is 83.6 Å². The summed E-state index contributed by atoms with van der Waals surface area (Å²) in [5, 5.41) is 3.58. The first kappa shape index (κ1) is 27.8. The minimum Gasteiger partial charge on any atom is -0.357 e. The number of fused-ring (bicyclic) bond motifs is 1. The number of benzene rings is 3. The van der Waals surface area contributed by atoms with E-state index in [1.807, 2.05) is 24.3 Å². The van der Waals surface area contributed by atoms with Crippen LogP contribution >= 0.6 is 0 Å². The van der Waals surface area contributed by atoms with Crippen LogP contribution in [0, 0.1) is 5.82 Å². The molecule has 1 amide bonds. The smallest absolute Gasteiger partial charge is 0.227 e. The molecule has 1 heterocycles. The zero-order valence-corrected chi connectivity index (χ0v) is 24.0. The highest BCUT2D eigenvalue weighted by Crippen LogP contribution is 2.47. The van der Waals surface area contributed by atoms with E-state index in [4.69, 9.17) is 0 Å². The molecule has 0 radical (unpaired) electrons. The maximum atomic E-state index is 14.1. The predicted octanol–water partition coefficient (Wildman–Crippen LogP) is 8.60. The zero-order valence-electron chi connectivity index (χ0n) is 24.0. The molecular weight excluding hydrogens is 499 g/mol. The van der Waals surface area contributed by atoms with Crippen molar-refractivity contribution in [3.8, 4) is 0 Å². The fourth-order valence-corrected chi connectivity index (χ4v) is 5.96. The molecule has 0 spiro atoms. The maximum absolute atomic E-state index is 14.1. The summed E-state index contributed by atoms with van der Waals surface area (Å²) >= 11 is 0. The van der Waals surface area contributed by atoms with Gasteiger partial charge >= 0.3 is 0 Å². The average molecular weight is 539 g/mol. The van der Waals surface area contributed by atoms with Gasteiger partial charge in [0.1, 0.15) is 5.82 Å². The number of carbonyl (C=O) groups is 2. The molecule has 2 atom stereocenters. The maximum Gasteiger partial charge on any atom is 0.227 e. The summed E-state index contributed by atoms with van der Waals surface area (Å²) < 4.78 is 14.0. The Hall–Kier alpha value is -3.73. The molecule has 208 valence electrons. The molecule has 5 rings (SSSR count). The van der Waals surface area contributed by atoms with Gasteiger partial charge < -0.3 is 5.32 Å². The van der Waals surface area contributed by atoms with Crippen LogP contribution in [0.15, 0.2) is 84.1 Å². The van der Waals surface area contributed by atoms with Crippen LogP contribution in [-0.4, -0.2) is 11.7 Å². The molecule has 0 unspecified atom stereocenters. The SMILES string of the molecule is CCCCCC(=O)N1c2ccccc2NC2=C(C(=O)C[C@@H](c3ccc(C(C)(C)C)cc3)C2)[C@H]1c1ccc(F)cc1. The van der Waals surface area contributed by atoms with E-state index in [0.717, 1.165) is 47.5 Å². The molecule has 3 aromatic rings. The van der Waals surface area contributed by atoms with Gasteiger partial charge in [-0.15, -0.1) is 0 Å². The molecule has 0 saturated carbocycles. The quantitative estimate of drug-likeness (QED) is 0.320. The second-order valence-electron chi connectivity index (χ2n) is 12.1. The zero-order chi connectivity index (χ0) is 28.4. The lowest BCUT2D eigenvalue weighted by molar-refractivity contribution is -0.119. The molecule has 0 saturated heterocycles. The van der Waals surface area contributed by atoms with Crippen LogP contribution in [0.2, 0.25) is 0 Å². The lowest BCUT2D eigenvalue weighted by atomic mass is 9.77. The van der Waals surface area contributed by atoms with E-state index in [2.05, 4.69) is 57.3 Å². The van der Waals surface area contributed by atoms with Crippen LogP contribution in [0.5, 0.6) is 0 Å². The van der Waals surface area contributed by atoms with Crippen molar-refractivity contribution in [3.05, 3.63) is 107 Å². The Morgan fingerprint density at radius 1 is 0.925 bits per heavy atom. The summed E-state index contributed by atoms with van der Waals surface area (Å²) in [6.45, 7) is 8.70. The van der Waals surface area contributed by atoms with Crippen molar-refractivity contribution in [3.63, 3.8) is 0 Å². The lowest BCUT2D eigenvalue weighted by Crippen LogP contribution is -2.38. The van der Waals surface area contributed by atoms with Crippen LogP contribution in [0.1, 0.15) is 94.9 Å². The summed E-state index contributed by atoms with van der Waals surface area (Å²) in [4.78, 5) is 29.8. The Balaban J connectivity index is 1.61. The van der Waals surface area contributed by atoms with Crippen LogP contribution in [-0.2, 0) is 15.0 Å². The van der Waals surface area contributed by atoms with Gasteiger partial charge in [0.05, 0.1) is 17.4 Å². The molecular formula is C35H39FN2O2. The molecule has 0 aromatic heterocycles. The number of ketones is 1. The first-order valence-corrected chi connectivity index (χ1v) is 14.5. The minimum atomic E-state index is -0.627. The molecule has 2 aliphatic rings. The number of carbonyl (C=O) groups excluding carboxylic acids is 2. The van der Waals surface area contributed by atoms with Gasteiger partial charge in [-0.2, -0.15) is 0 Å². The van der Waals surface area contributed by atoms with Crippen molar-refractivity contribution in [1.29, 1.82) is 0 Å². The van der Waals surface area contributed by atoms with Gasteiger partial charge in [-0.25, -0.2) is 4.39 Å². The molecule has 40 heavy (non-hydrogen) atoms. The number of Topliss-reactive ketones (excluding diaryl/α,β-unsaturated/α-hetero) is 1. The number of allylic oxidation sites excluding steroid dienone is 1. The predicted molar refractivity (Wildman–Crippen MR) is 160 cm³/mol. The number of para-hydroxylation sites is 2. The van der Waals surface area contributed by atoms with Gasteiger partial charge in [-0.1, -0.05) is 89.1 Å². The number of halogens is 1. The fourth-order valence-electron chi connectivity index (χ4n) is 5.96. The number of hydrogen-bond donors (Lipinski definition) is 1. The Labute approximate surface area is 237 Å². The molecule has 1 aliphatic heterocycles. The summed E-state index contributed by atoms with van der Waals surface area (Å²) in [5.41, 5.74) is 6.18. The average Bonchev–Trinajstić information content (AvgIpc) is 3.08. The van der Waals surface area contributed by atoms with E-state index in [1.165, 1.54) is 17.7 Å². The summed E-state index contributed by atoms with van der Waals surface area (Å²) in [6, 6.07) is 22.0. The van der Waals surface area contributed by atoms with Gasteiger partial charge in [-0.3, -0.25) is 14.5 Å². The normalized spacial score (nSPS) is 19.0. The minimum absolute atomic E-state index is 0.0205. The second-order valence-corrected chi connectivity index (χ2v) is 12.1.